The highest BCUT2D eigenvalue weighted by atomic mass is 16.2. The molecule has 0 spiro atoms. The Balaban J connectivity index is 2.19. The van der Waals surface area contributed by atoms with E-state index in [0.717, 1.165) is 24.1 Å². The van der Waals surface area contributed by atoms with Gasteiger partial charge in [-0.3, -0.25) is 10.1 Å². The number of urea groups is 1. The van der Waals surface area contributed by atoms with Crippen LogP contribution in [0.2, 0.25) is 0 Å². The number of benzene rings is 2. The smallest absolute Gasteiger partial charge is 0.321 e. The van der Waals surface area contributed by atoms with E-state index >= 15 is 0 Å². The van der Waals surface area contributed by atoms with Crippen LogP contribution in [-0.4, -0.2) is 19.0 Å². The SMILES string of the molecule is CCCc1ccc(N[C@@H](C(=O)NC(=O)NC)c2ccccc2)cc1. The van der Waals surface area contributed by atoms with Gasteiger partial charge < -0.3 is 10.6 Å². The van der Waals surface area contributed by atoms with Crippen molar-refractivity contribution in [2.45, 2.75) is 25.8 Å². The van der Waals surface area contributed by atoms with Crippen molar-refractivity contribution in [2.75, 3.05) is 12.4 Å². The molecule has 5 heteroatoms. The van der Waals surface area contributed by atoms with Crippen LogP contribution in [0.5, 0.6) is 0 Å². The molecule has 5 nitrogen and oxygen atoms in total. The fraction of sp³-hybridized carbons (Fsp3) is 0.263. The van der Waals surface area contributed by atoms with E-state index in [1.807, 2.05) is 54.6 Å². The van der Waals surface area contributed by atoms with Crippen molar-refractivity contribution in [1.29, 1.82) is 0 Å². The summed E-state index contributed by atoms with van der Waals surface area (Å²) in [5, 5.41) is 7.92. The van der Waals surface area contributed by atoms with Crippen molar-refractivity contribution in [1.82, 2.24) is 10.6 Å². The minimum Gasteiger partial charge on any atom is -0.370 e. The molecule has 0 radical (unpaired) electrons. The number of hydrogen-bond acceptors (Lipinski definition) is 3. The third-order valence-electron chi connectivity index (χ3n) is 3.66. The zero-order valence-corrected chi connectivity index (χ0v) is 14.0. The minimum atomic E-state index is -0.652. The largest absolute Gasteiger partial charge is 0.370 e. The standard InChI is InChI=1S/C19H23N3O2/c1-3-7-14-10-12-16(13-11-14)21-17(15-8-5-4-6-9-15)18(23)22-19(24)20-2/h4-6,8-13,17,21H,3,7H2,1-2H3,(H2,20,22,23,24)/t17-/m1/s1. The van der Waals surface area contributed by atoms with Gasteiger partial charge in [0.05, 0.1) is 0 Å². The summed E-state index contributed by atoms with van der Waals surface area (Å²) in [6, 6.07) is 16.1. The van der Waals surface area contributed by atoms with Gasteiger partial charge in [0.15, 0.2) is 0 Å². The van der Waals surface area contributed by atoms with E-state index in [2.05, 4.69) is 22.9 Å². The molecule has 2 aromatic rings. The van der Waals surface area contributed by atoms with Gasteiger partial charge in [-0.1, -0.05) is 55.8 Å². The van der Waals surface area contributed by atoms with Gasteiger partial charge in [0.25, 0.3) is 5.91 Å². The molecule has 0 saturated heterocycles. The number of anilines is 1. The van der Waals surface area contributed by atoms with Gasteiger partial charge in [0, 0.05) is 12.7 Å². The lowest BCUT2D eigenvalue weighted by Gasteiger charge is -2.19. The fourth-order valence-corrected chi connectivity index (χ4v) is 2.42. The molecule has 126 valence electrons. The maximum absolute atomic E-state index is 12.5. The molecule has 0 aromatic heterocycles. The molecule has 2 aromatic carbocycles. The number of nitrogens with one attached hydrogen (secondary N) is 3. The van der Waals surface area contributed by atoms with Gasteiger partial charge in [-0.05, 0) is 29.7 Å². The van der Waals surface area contributed by atoms with Gasteiger partial charge in [0.1, 0.15) is 6.04 Å². The van der Waals surface area contributed by atoms with Gasteiger partial charge in [-0.2, -0.15) is 0 Å². The highest BCUT2D eigenvalue weighted by Crippen LogP contribution is 2.20. The predicted molar refractivity (Wildman–Crippen MR) is 95.8 cm³/mol. The van der Waals surface area contributed by atoms with E-state index in [1.54, 1.807) is 0 Å². The van der Waals surface area contributed by atoms with E-state index in [9.17, 15) is 9.59 Å². The number of carbonyl (C=O) groups is 2. The fourth-order valence-electron chi connectivity index (χ4n) is 2.42. The van der Waals surface area contributed by atoms with E-state index in [0.29, 0.717) is 0 Å². The maximum Gasteiger partial charge on any atom is 0.321 e. The molecule has 0 saturated carbocycles. The van der Waals surface area contributed by atoms with Crippen LogP contribution in [0.1, 0.15) is 30.5 Å². The monoisotopic (exact) mass is 325 g/mol. The quantitative estimate of drug-likeness (QED) is 0.763. The number of imide groups is 1. The molecule has 1 atom stereocenters. The summed E-state index contributed by atoms with van der Waals surface area (Å²) < 4.78 is 0. The van der Waals surface area contributed by atoms with Crippen LogP contribution in [-0.2, 0) is 11.2 Å². The minimum absolute atomic E-state index is 0.404. The molecular formula is C19H23N3O2. The van der Waals surface area contributed by atoms with Crippen molar-refractivity contribution in [2.24, 2.45) is 0 Å². The van der Waals surface area contributed by atoms with Gasteiger partial charge in [0.2, 0.25) is 0 Å². The molecular weight excluding hydrogens is 302 g/mol. The molecule has 0 fully saturated rings. The van der Waals surface area contributed by atoms with Crippen LogP contribution in [0.3, 0.4) is 0 Å². The number of hydrogen-bond donors (Lipinski definition) is 3. The first-order chi connectivity index (χ1) is 11.6. The van der Waals surface area contributed by atoms with Crippen molar-refractivity contribution in [3.63, 3.8) is 0 Å². The molecule has 3 N–H and O–H groups in total. The summed E-state index contributed by atoms with van der Waals surface area (Å²) in [6.07, 6.45) is 2.12. The number of carbonyl (C=O) groups excluding carboxylic acids is 2. The van der Waals surface area contributed by atoms with E-state index in [-0.39, 0.29) is 0 Å². The number of amides is 3. The first-order valence-electron chi connectivity index (χ1n) is 8.07. The van der Waals surface area contributed by atoms with E-state index < -0.39 is 18.0 Å². The average Bonchev–Trinajstić information content (AvgIpc) is 2.61. The molecule has 24 heavy (non-hydrogen) atoms. The lowest BCUT2D eigenvalue weighted by Crippen LogP contribution is -2.42. The molecule has 0 aliphatic rings. The lowest BCUT2D eigenvalue weighted by molar-refractivity contribution is -0.120. The van der Waals surface area contributed by atoms with E-state index in [1.165, 1.54) is 12.6 Å². The van der Waals surface area contributed by atoms with Gasteiger partial charge in [-0.15, -0.1) is 0 Å². The Labute approximate surface area is 142 Å². The van der Waals surface area contributed by atoms with Crippen LogP contribution in [0.15, 0.2) is 54.6 Å². The first kappa shape index (κ1) is 17.5. The molecule has 2 rings (SSSR count). The Morgan fingerprint density at radius 2 is 1.67 bits per heavy atom. The maximum atomic E-state index is 12.5. The van der Waals surface area contributed by atoms with Gasteiger partial charge >= 0.3 is 6.03 Å². The van der Waals surface area contributed by atoms with Crippen LogP contribution < -0.4 is 16.0 Å². The summed E-state index contributed by atoms with van der Waals surface area (Å²) in [5.41, 5.74) is 2.88. The topological polar surface area (TPSA) is 70.2 Å². The second-order valence-corrected chi connectivity index (χ2v) is 5.50. The highest BCUT2D eigenvalue weighted by Gasteiger charge is 2.22. The predicted octanol–water partition coefficient (Wildman–Crippen LogP) is 3.25. The number of aryl methyl sites for hydroxylation is 1. The molecule has 0 aliphatic carbocycles. The van der Waals surface area contributed by atoms with Crippen LogP contribution in [0.4, 0.5) is 10.5 Å². The second-order valence-electron chi connectivity index (χ2n) is 5.50. The molecule has 3 amide bonds. The summed E-state index contributed by atoms with van der Waals surface area (Å²) in [4.78, 5) is 23.9. The Morgan fingerprint density at radius 1 is 1.00 bits per heavy atom. The van der Waals surface area contributed by atoms with Gasteiger partial charge in [-0.25, -0.2) is 4.79 Å². The first-order valence-corrected chi connectivity index (χ1v) is 8.07. The van der Waals surface area contributed by atoms with Crippen LogP contribution in [0.25, 0.3) is 0 Å². The lowest BCUT2D eigenvalue weighted by atomic mass is 10.0. The Hall–Kier alpha value is -2.82. The normalized spacial score (nSPS) is 11.4. The second kappa shape index (κ2) is 8.72. The highest BCUT2D eigenvalue weighted by molar-refractivity contribution is 5.98. The zero-order valence-electron chi connectivity index (χ0n) is 14.0. The van der Waals surface area contributed by atoms with Crippen LogP contribution in [0, 0.1) is 0 Å². The van der Waals surface area contributed by atoms with Crippen molar-refractivity contribution >= 4 is 17.6 Å². The third kappa shape index (κ3) is 4.84. The molecule has 0 unspecified atom stereocenters. The Kier molecular flexibility index (Phi) is 6.37. The molecule has 0 heterocycles. The molecule has 0 bridgehead atoms. The van der Waals surface area contributed by atoms with Crippen LogP contribution >= 0.6 is 0 Å². The summed E-state index contributed by atoms with van der Waals surface area (Å²) in [7, 11) is 1.47. The summed E-state index contributed by atoms with van der Waals surface area (Å²) >= 11 is 0. The Bertz CT molecular complexity index is 669. The Morgan fingerprint density at radius 3 is 2.25 bits per heavy atom. The van der Waals surface area contributed by atoms with Crippen molar-refractivity contribution in [3.05, 3.63) is 65.7 Å². The number of rotatable bonds is 6. The van der Waals surface area contributed by atoms with E-state index in [4.69, 9.17) is 0 Å². The third-order valence-corrected chi connectivity index (χ3v) is 3.66. The summed E-state index contributed by atoms with van der Waals surface area (Å²) in [6.45, 7) is 2.14. The van der Waals surface area contributed by atoms with Crippen molar-refractivity contribution < 1.29 is 9.59 Å². The zero-order chi connectivity index (χ0) is 17.4. The summed E-state index contributed by atoms with van der Waals surface area (Å²) in [5.74, 6) is -0.404. The van der Waals surface area contributed by atoms with Crippen molar-refractivity contribution in [3.8, 4) is 0 Å². The average molecular weight is 325 g/mol. The molecule has 0 aliphatic heterocycles.